The molecule has 0 aromatic carbocycles. The van der Waals surface area contributed by atoms with Crippen LogP contribution in [-0.4, -0.2) is 39.6 Å². The number of rotatable bonds is 6. The van der Waals surface area contributed by atoms with Crippen LogP contribution in [0.2, 0.25) is 0 Å². The van der Waals surface area contributed by atoms with E-state index in [9.17, 15) is 14.4 Å². The van der Waals surface area contributed by atoms with Crippen molar-refractivity contribution in [3.63, 3.8) is 0 Å². The van der Waals surface area contributed by atoms with Gasteiger partial charge in [-0.2, -0.15) is 0 Å². The summed E-state index contributed by atoms with van der Waals surface area (Å²) < 4.78 is 0. The summed E-state index contributed by atoms with van der Waals surface area (Å²) in [6, 6.07) is -1.25. The molecule has 0 aromatic heterocycles. The highest BCUT2D eigenvalue weighted by atomic mass is 16.4. The summed E-state index contributed by atoms with van der Waals surface area (Å²) in [5.41, 5.74) is 3.87. The van der Waals surface area contributed by atoms with Gasteiger partial charge in [0.2, 0.25) is 5.91 Å². The van der Waals surface area contributed by atoms with Gasteiger partial charge in [-0.1, -0.05) is 6.92 Å². The van der Waals surface area contributed by atoms with Crippen LogP contribution in [0, 0.1) is 0 Å². The van der Waals surface area contributed by atoms with Crippen LogP contribution < -0.4 is 11.1 Å². The van der Waals surface area contributed by atoms with Crippen LogP contribution in [0.25, 0.3) is 0 Å². The largest absolute Gasteiger partial charge is 0.481 e. The van der Waals surface area contributed by atoms with E-state index in [1.165, 1.54) is 6.92 Å². The summed E-state index contributed by atoms with van der Waals surface area (Å²) in [7, 11) is 0. The summed E-state index contributed by atoms with van der Waals surface area (Å²) >= 11 is 0. The summed E-state index contributed by atoms with van der Waals surface area (Å²) in [6.07, 6.45) is -0.362. The highest BCUT2D eigenvalue weighted by molar-refractivity contribution is 5.91. The van der Waals surface area contributed by atoms with Gasteiger partial charge < -0.3 is 21.3 Å². The molecule has 0 saturated carbocycles. The number of amides is 1. The molecular formula is C9H16N2O5. The SMILES string of the molecule is CCC(C)(NC(=O)[C@@H](N)CC(=O)O)C(=O)O. The molecule has 16 heavy (non-hydrogen) atoms. The average Bonchev–Trinajstić information content (AvgIpc) is 2.16. The highest BCUT2D eigenvalue weighted by Crippen LogP contribution is 2.09. The van der Waals surface area contributed by atoms with E-state index in [2.05, 4.69) is 5.32 Å². The Balaban J connectivity index is 4.53. The molecule has 7 nitrogen and oxygen atoms in total. The maximum Gasteiger partial charge on any atom is 0.329 e. The maximum atomic E-state index is 11.4. The van der Waals surface area contributed by atoms with Crippen molar-refractivity contribution in [2.45, 2.75) is 38.3 Å². The molecule has 2 atom stereocenters. The molecule has 1 unspecified atom stereocenters. The lowest BCUT2D eigenvalue weighted by Gasteiger charge is -2.25. The van der Waals surface area contributed by atoms with E-state index in [1.54, 1.807) is 6.92 Å². The normalized spacial score (nSPS) is 15.9. The van der Waals surface area contributed by atoms with Crippen molar-refractivity contribution in [3.05, 3.63) is 0 Å². The van der Waals surface area contributed by atoms with Crippen LogP contribution in [0.3, 0.4) is 0 Å². The summed E-state index contributed by atoms with van der Waals surface area (Å²) in [4.78, 5) is 32.6. The second kappa shape index (κ2) is 5.45. The van der Waals surface area contributed by atoms with Crippen LogP contribution in [0.1, 0.15) is 26.7 Å². The summed E-state index contributed by atoms with van der Waals surface area (Å²) in [6.45, 7) is 2.93. The van der Waals surface area contributed by atoms with Crippen molar-refractivity contribution < 1.29 is 24.6 Å². The third-order valence-corrected chi connectivity index (χ3v) is 2.31. The Bertz CT molecular complexity index is 304. The van der Waals surface area contributed by atoms with E-state index in [0.29, 0.717) is 0 Å². The first-order valence-electron chi connectivity index (χ1n) is 4.75. The van der Waals surface area contributed by atoms with E-state index >= 15 is 0 Å². The predicted molar refractivity (Wildman–Crippen MR) is 54.7 cm³/mol. The Hall–Kier alpha value is -1.63. The number of carboxylic acids is 2. The maximum absolute atomic E-state index is 11.4. The Morgan fingerprint density at radius 3 is 2.19 bits per heavy atom. The second-order valence-corrected chi connectivity index (χ2v) is 3.68. The van der Waals surface area contributed by atoms with Gasteiger partial charge >= 0.3 is 11.9 Å². The minimum absolute atomic E-state index is 0.174. The number of nitrogens with one attached hydrogen (secondary N) is 1. The van der Waals surface area contributed by atoms with Crippen LogP contribution in [0.15, 0.2) is 0 Å². The van der Waals surface area contributed by atoms with E-state index in [1.807, 2.05) is 0 Å². The standard InChI is InChI=1S/C9H16N2O5/c1-3-9(2,8(15)16)11-7(14)5(10)4-6(12)13/h5H,3-4,10H2,1-2H3,(H,11,14)(H,12,13)(H,15,16)/t5-,9?/m0/s1. The quantitative estimate of drug-likeness (QED) is 0.472. The van der Waals surface area contributed by atoms with Gasteiger partial charge in [0.1, 0.15) is 5.54 Å². The Morgan fingerprint density at radius 1 is 1.38 bits per heavy atom. The zero-order valence-corrected chi connectivity index (χ0v) is 9.19. The molecule has 0 bridgehead atoms. The van der Waals surface area contributed by atoms with Gasteiger partial charge in [0.15, 0.2) is 0 Å². The van der Waals surface area contributed by atoms with Gasteiger partial charge in [0.25, 0.3) is 0 Å². The van der Waals surface area contributed by atoms with E-state index in [-0.39, 0.29) is 6.42 Å². The smallest absolute Gasteiger partial charge is 0.329 e. The zero-order valence-electron chi connectivity index (χ0n) is 9.19. The first kappa shape index (κ1) is 14.4. The molecular weight excluding hydrogens is 216 g/mol. The third kappa shape index (κ3) is 3.85. The third-order valence-electron chi connectivity index (χ3n) is 2.31. The molecule has 0 saturated heterocycles. The highest BCUT2D eigenvalue weighted by Gasteiger charge is 2.34. The lowest BCUT2D eigenvalue weighted by molar-refractivity contribution is -0.147. The fourth-order valence-corrected chi connectivity index (χ4v) is 0.939. The molecule has 0 spiro atoms. The molecule has 92 valence electrons. The van der Waals surface area contributed by atoms with Gasteiger partial charge in [-0.05, 0) is 13.3 Å². The van der Waals surface area contributed by atoms with E-state index in [0.717, 1.165) is 0 Å². The number of carboxylic acid groups (broad SMARTS) is 2. The zero-order chi connectivity index (χ0) is 12.9. The molecule has 0 heterocycles. The molecule has 0 aliphatic rings. The molecule has 0 rings (SSSR count). The fraction of sp³-hybridized carbons (Fsp3) is 0.667. The first-order valence-corrected chi connectivity index (χ1v) is 4.75. The van der Waals surface area contributed by atoms with Crippen molar-refractivity contribution in [3.8, 4) is 0 Å². The van der Waals surface area contributed by atoms with Crippen LogP contribution in [0.5, 0.6) is 0 Å². The van der Waals surface area contributed by atoms with E-state index < -0.39 is 35.8 Å². The minimum Gasteiger partial charge on any atom is -0.481 e. The van der Waals surface area contributed by atoms with Crippen molar-refractivity contribution in [2.24, 2.45) is 5.73 Å². The van der Waals surface area contributed by atoms with Gasteiger partial charge in [0.05, 0.1) is 12.5 Å². The van der Waals surface area contributed by atoms with Crippen LogP contribution in [-0.2, 0) is 14.4 Å². The average molecular weight is 232 g/mol. The molecule has 0 radical (unpaired) electrons. The van der Waals surface area contributed by atoms with Crippen molar-refractivity contribution in [2.75, 3.05) is 0 Å². The van der Waals surface area contributed by atoms with Crippen molar-refractivity contribution in [1.29, 1.82) is 0 Å². The molecule has 0 fully saturated rings. The number of hydrogen-bond acceptors (Lipinski definition) is 4. The number of nitrogens with two attached hydrogens (primary N) is 1. The molecule has 0 aliphatic carbocycles. The van der Waals surface area contributed by atoms with Gasteiger partial charge in [-0.25, -0.2) is 4.79 Å². The molecule has 0 aromatic rings. The summed E-state index contributed by atoms with van der Waals surface area (Å²) in [5.74, 6) is -3.18. The molecule has 0 aliphatic heterocycles. The fourth-order valence-electron chi connectivity index (χ4n) is 0.939. The minimum atomic E-state index is -1.42. The van der Waals surface area contributed by atoms with Crippen molar-refractivity contribution >= 4 is 17.8 Å². The van der Waals surface area contributed by atoms with Gasteiger partial charge in [-0.3, -0.25) is 9.59 Å². The molecule has 1 amide bonds. The lowest BCUT2D eigenvalue weighted by atomic mass is 9.98. The molecule has 7 heteroatoms. The number of aliphatic carboxylic acids is 2. The Labute approximate surface area is 92.6 Å². The second-order valence-electron chi connectivity index (χ2n) is 3.68. The summed E-state index contributed by atoms with van der Waals surface area (Å²) in [5, 5.41) is 19.5. The van der Waals surface area contributed by atoms with Crippen LogP contribution >= 0.6 is 0 Å². The topological polar surface area (TPSA) is 130 Å². The van der Waals surface area contributed by atoms with Gasteiger partial charge in [-0.15, -0.1) is 0 Å². The monoisotopic (exact) mass is 232 g/mol. The number of carbonyl (C=O) groups is 3. The Kier molecular flexibility index (Phi) is 4.90. The lowest BCUT2D eigenvalue weighted by Crippen LogP contribution is -2.56. The predicted octanol–water partition coefficient (Wildman–Crippen LogP) is -0.842. The first-order chi connectivity index (χ1) is 7.23. The van der Waals surface area contributed by atoms with Gasteiger partial charge in [0, 0.05) is 0 Å². The number of hydrogen-bond donors (Lipinski definition) is 4. The number of carbonyl (C=O) groups excluding carboxylic acids is 1. The Morgan fingerprint density at radius 2 is 1.88 bits per heavy atom. The van der Waals surface area contributed by atoms with E-state index in [4.69, 9.17) is 15.9 Å². The van der Waals surface area contributed by atoms with Crippen molar-refractivity contribution in [1.82, 2.24) is 5.32 Å². The molecule has 5 N–H and O–H groups in total. The van der Waals surface area contributed by atoms with Crippen LogP contribution in [0.4, 0.5) is 0 Å².